The summed E-state index contributed by atoms with van der Waals surface area (Å²) in [6.45, 7) is 5.07. The van der Waals surface area contributed by atoms with E-state index in [2.05, 4.69) is 5.32 Å². The summed E-state index contributed by atoms with van der Waals surface area (Å²) in [4.78, 5) is 61.3. The summed E-state index contributed by atoms with van der Waals surface area (Å²) in [6.07, 6.45) is -5.63. The van der Waals surface area contributed by atoms with Crippen LogP contribution in [0.4, 0.5) is 5.69 Å². The Labute approximate surface area is 224 Å². The number of methoxy groups -OCH3 is 1. The molecule has 0 spiro atoms. The molecule has 0 aromatic heterocycles. The fourth-order valence-electron chi connectivity index (χ4n) is 3.87. The Morgan fingerprint density at radius 2 is 1.50 bits per heavy atom. The standard InChI is InChI=1S/C24H30N2O11S/c1-12(27)33-11-19(34-13(2)28)21(35-14(3)29)22(36-15(4)30)20-23(37-16(5)31)26(24(38)25-20)17-9-7-8-10-18(17)32-6/h7-10,19-23H,11H2,1-6H3,(H,25,38)/t19-,20-,21-,22-,23+/m1/s1. The van der Waals surface area contributed by atoms with Gasteiger partial charge in [0.2, 0.25) is 6.23 Å². The number of carbonyl (C=O) groups excluding carboxylic acids is 5. The number of hydrogen-bond donors (Lipinski definition) is 1. The number of anilines is 1. The molecule has 1 heterocycles. The molecule has 1 N–H and O–H groups in total. The van der Waals surface area contributed by atoms with Crippen molar-refractivity contribution < 1.29 is 52.4 Å². The molecule has 5 atom stereocenters. The fourth-order valence-corrected chi connectivity index (χ4v) is 4.20. The average Bonchev–Trinajstić information content (AvgIpc) is 3.12. The lowest BCUT2D eigenvalue weighted by Crippen LogP contribution is -2.58. The van der Waals surface area contributed by atoms with Crippen LogP contribution >= 0.6 is 12.2 Å². The van der Waals surface area contributed by atoms with Crippen LogP contribution in [0.25, 0.3) is 0 Å². The fraction of sp³-hybridized carbons (Fsp3) is 0.500. The van der Waals surface area contributed by atoms with Crippen molar-refractivity contribution in [2.45, 2.75) is 65.2 Å². The molecule has 0 amide bonds. The van der Waals surface area contributed by atoms with Crippen LogP contribution in [0.3, 0.4) is 0 Å². The smallest absolute Gasteiger partial charge is 0.304 e. The van der Waals surface area contributed by atoms with Crippen molar-refractivity contribution in [3.05, 3.63) is 24.3 Å². The normalized spacial score (nSPS) is 18.8. The van der Waals surface area contributed by atoms with Gasteiger partial charge >= 0.3 is 29.8 Å². The van der Waals surface area contributed by atoms with Gasteiger partial charge in [-0.2, -0.15) is 0 Å². The van der Waals surface area contributed by atoms with Gasteiger partial charge in [0.25, 0.3) is 0 Å². The second kappa shape index (κ2) is 13.6. The van der Waals surface area contributed by atoms with E-state index in [1.165, 1.54) is 18.9 Å². The average molecular weight is 555 g/mol. The van der Waals surface area contributed by atoms with Crippen LogP contribution in [-0.2, 0) is 47.7 Å². The monoisotopic (exact) mass is 554 g/mol. The van der Waals surface area contributed by atoms with E-state index in [0.717, 1.165) is 27.7 Å². The van der Waals surface area contributed by atoms with Gasteiger partial charge in [0.1, 0.15) is 18.4 Å². The molecule has 1 aliphatic heterocycles. The first kappa shape index (κ1) is 30.3. The highest BCUT2D eigenvalue weighted by atomic mass is 32.1. The maximum Gasteiger partial charge on any atom is 0.304 e. The van der Waals surface area contributed by atoms with E-state index in [-0.39, 0.29) is 5.11 Å². The quantitative estimate of drug-likeness (QED) is 0.235. The molecule has 0 aliphatic carbocycles. The van der Waals surface area contributed by atoms with Crippen LogP contribution in [0.5, 0.6) is 5.75 Å². The third kappa shape index (κ3) is 8.03. The van der Waals surface area contributed by atoms with Gasteiger partial charge in [0.05, 0.1) is 12.8 Å². The van der Waals surface area contributed by atoms with E-state index in [1.54, 1.807) is 24.3 Å². The second-order valence-corrected chi connectivity index (χ2v) is 8.50. The Morgan fingerprint density at radius 1 is 0.895 bits per heavy atom. The van der Waals surface area contributed by atoms with Gasteiger partial charge in [-0.1, -0.05) is 12.1 Å². The lowest BCUT2D eigenvalue weighted by Gasteiger charge is -2.36. The first-order chi connectivity index (χ1) is 17.8. The highest BCUT2D eigenvalue weighted by molar-refractivity contribution is 7.80. The van der Waals surface area contributed by atoms with Crippen molar-refractivity contribution >= 4 is 52.9 Å². The van der Waals surface area contributed by atoms with E-state index in [9.17, 15) is 24.0 Å². The van der Waals surface area contributed by atoms with Crippen molar-refractivity contribution in [2.75, 3.05) is 18.6 Å². The van der Waals surface area contributed by atoms with Gasteiger partial charge in [-0.15, -0.1) is 0 Å². The topological polar surface area (TPSA) is 156 Å². The van der Waals surface area contributed by atoms with Crippen LogP contribution in [-0.4, -0.2) is 79.3 Å². The molecular formula is C24H30N2O11S. The first-order valence-electron chi connectivity index (χ1n) is 11.4. The summed E-state index contributed by atoms with van der Waals surface area (Å²) in [6, 6.07) is 5.61. The number of nitrogens with one attached hydrogen (secondary N) is 1. The number of benzene rings is 1. The summed E-state index contributed by atoms with van der Waals surface area (Å²) in [7, 11) is 1.45. The summed E-state index contributed by atoms with van der Waals surface area (Å²) in [5.74, 6) is -3.42. The van der Waals surface area contributed by atoms with E-state index in [4.69, 9.17) is 40.6 Å². The zero-order valence-corrected chi connectivity index (χ0v) is 22.6. The summed E-state index contributed by atoms with van der Waals surface area (Å²) >= 11 is 5.53. The lowest BCUT2D eigenvalue weighted by molar-refractivity contribution is -0.194. The second-order valence-electron chi connectivity index (χ2n) is 8.12. The van der Waals surface area contributed by atoms with Crippen molar-refractivity contribution in [2.24, 2.45) is 0 Å². The number of esters is 5. The van der Waals surface area contributed by atoms with Crippen molar-refractivity contribution in [3.8, 4) is 5.75 Å². The Kier molecular flexibility index (Phi) is 10.8. The first-order valence-corrected chi connectivity index (χ1v) is 11.8. The molecule has 1 fully saturated rings. The largest absolute Gasteiger partial charge is 0.495 e. The molecule has 0 radical (unpaired) electrons. The zero-order chi connectivity index (χ0) is 28.6. The van der Waals surface area contributed by atoms with Crippen LogP contribution in [0.15, 0.2) is 24.3 Å². The van der Waals surface area contributed by atoms with Gasteiger partial charge in [0, 0.05) is 34.6 Å². The predicted molar refractivity (Wildman–Crippen MR) is 134 cm³/mol. The van der Waals surface area contributed by atoms with Gasteiger partial charge in [-0.05, 0) is 24.4 Å². The van der Waals surface area contributed by atoms with E-state index in [1.807, 2.05) is 0 Å². The van der Waals surface area contributed by atoms with Gasteiger partial charge in [-0.25, -0.2) is 0 Å². The number of para-hydroxylation sites is 2. The molecule has 208 valence electrons. The molecule has 2 rings (SSSR count). The Hall–Kier alpha value is -3.94. The molecule has 0 saturated carbocycles. The highest BCUT2D eigenvalue weighted by Crippen LogP contribution is 2.35. The summed E-state index contributed by atoms with van der Waals surface area (Å²) in [5, 5.41) is 3.01. The summed E-state index contributed by atoms with van der Waals surface area (Å²) < 4.78 is 32.3. The molecule has 0 unspecified atom stereocenters. The molecule has 14 heteroatoms. The Bertz CT molecular complexity index is 1080. The lowest BCUT2D eigenvalue weighted by atomic mass is 9.99. The third-order valence-corrected chi connectivity index (χ3v) is 5.43. The number of rotatable bonds is 11. The van der Waals surface area contributed by atoms with E-state index >= 15 is 0 Å². The number of ether oxygens (including phenoxy) is 6. The van der Waals surface area contributed by atoms with Gasteiger partial charge in [-0.3, -0.25) is 28.9 Å². The number of hydrogen-bond acceptors (Lipinski definition) is 12. The maximum atomic E-state index is 12.2. The molecule has 1 aliphatic rings. The minimum atomic E-state index is -1.52. The number of nitrogens with zero attached hydrogens (tertiary/aromatic N) is 1. The maximum absolute atomic E-state index is 12.2. The van der Waals surface area contributed by atoms with Crippen molar-refractivity contribution in [1.82, 2.24) is 5.32 Å². The molecule has 13 nitrogen and oxygen atoms in total. The van der Waals surface area contributed by atoms with Crippen LogP contribution in [0, 0.1) is 0 Å². The van der Waals surface area contributed by atoms with Crippen molar-refractivity contribution in [1.29, 1.82) is 0 Å². The minimum absolute atomic E-state index is 0.0634. The summed E-state index contributed by atoms with van der Waals surface area (Å²) in [5.41, 5.74) is 0.420. The highest BCUT2D eigenvalue weighted by Gasteiger charge is 2.52. The molecular weight excluding hydrogens is 524 g/mol. The minimum Gasteiger partial charge on any atom is -0.495 e. The SMILES string of the molecule is COc1ccccc1N1C(=S)N[C@H]([C@@H](OC(C)=O)[C@H](OC(C)=O)[C@@H](COC(C)=O)OC(C)=O)[C@@H]1OC(C)=O. The molecule has 38 heavy (non-hydrogen) atoms. The van der Waals surface area contributed by atoms with Crippen molar-refractivity contribution in [3.63, 3.8) is 0 Å². The van der Waals surface area contributed by atoms with Crippen LogP contribution in [0.2, 0.25) is 0 Å². The number of carbonyl (C=O) groups is 5. The van der Waals surface area contributed by atoms with Crippen LogP contribution < -0.4 is 15.0 Å². The van der Waals surface area contributed by atoms with Gasteiger partial charge in [0.15, 0.2) is 23.4 Å². The molecule has 1 saturated heterocycles. The molecule has 0 bridgehead atoms. The van der Waals surface area contributed by atoms with Crippen LogP contribution in [0.1, 0.15) is 34.6 Å². The third-order valence-electron chi connectivity index (χ3n) is 5.12. The Balaban J connectivity index is 2.65. The Morgan fingerprint density at radius 3 is 2.03 bits per heavy atom. The predicted octanol–water partition coefficient (Wildman–Crippen LogP) is 1.01. The molecule has 1 aromatic carbocycles. The number of thiocarbonyl (C=S) groups is 1. The van der Waals surface area contributed by atoms with Gasteiger partial charge < -0.3 is 33.7 Å². The van der Waals surface area contributed by atoms with E-state index in [0.29, 0.717) is 11.4 Å². The molecule has 1 aromatic rings. The zero-order valence-electron chi connectivity index (χ0n) is 21.7. The van der Waals surface area contributed by atoms with E-state index < -0.39 is 67.0 Å².